The van der Waals surface area contributed by atoms with Gasteiger partial charge in [0, 0.05) is 31.0 Å². The van der Waals surface area contributed by atoms with Crippen LogP contribution in [0.3, 0.4) is 0 Å². The van der Waals surface area contributed by atoms with E-state index in [1.54, 1.807) is 0 Å². The van der Waals surface area contributed by atoms with E-state index >= 15 is 0 Å². The van der Waals surface area contributed by atoms with Crippen LogP contribution < -0.4 is 0 Å². The molecule has 0 saturated carbocycles. The quantitative estimate of drug-likeness (QED) is 0.604. The molecule has 2 rings (SSSR count). The van der Waals surface area contributed by atoms with Gasteiger partial charge in [-0.2, -0.15) is 13.2 Å². The Bertz CT molecular complexity index is 574. The van der Waals surface area contributed by atoms with E-state index < -0.39 is 17.6 Å². The molecule has 1 atom stereocenters. The molecule has 2 nitrogen and oxygen atoms in total. The summed E-state index contributed by atoms with van der Waals surface area (Å²) in [6.45, 7) is 0.0395. The Morgan fingerprint density at radius 2 is 2.10 bits per heavy atom. The first-order valence-electron chi connectivity index (χ1n) is 5.91. The van der Waals surface area contributed by atoms with Crippen molar-refractivity contribution in [2.45, 2.75) is 19.1 Å². The molecular formula is C14H11F4NO. The fourth-order valence-corrected chi connectivity index (χ4v) is 2.11. The van der Waals surface area contributed by atoms with Crippen LogP contribution in [0, 0.1) is 24.1 Å². The molecule has 0 aliphatic carbocycles. The van der Waals surface area contributed by atoms with Crippen LogP contribution >= 0.6 is 0 Å². The van der Waals surface area contributed by atoms with E-state index in [-0.39, 0.29) is 36.9 Å². The first-order valence-corrected chi connectivity index (χ1v) is 5.91. The second kappa shape index (κ2) is 5.16. The highest BCUT2D eigenvalue weighted by atomic mass is 19.4. The van der Waals surface area contributed by atoms with Crippen molar-refractivity contribution in [1.29, 1.82) is 0 Å². The Balaban J connectivity index is 2.22. The number of carbonyl (C=O) groups excluding carboxylic acids is 1. The number of alkyl halides is 3. The fourth-order valence-electron chi connectivity index (χ4n) is 2.11. The zero-order chi connectivity index (χ0) is 14.9. The number of likely N-dealkylation sites (tertiary alicyclic amines) is 1. The van der Waals surface area contributed by atoms with Gasteiger partial charge in [0.25, 0.3) is 0 Å². The molecule has 0 aromatic heterocycles. The van der Waals surface area contributed by atoms with Gasteiger partial charge in [-0.05, 0) is 18.2 Å². The standard InChI is InChI=1S/C14H11F4NO/c1-2-9-5-13(20)19(7-9)8-10-6-11(14(16,17)18)3-4-12(10)15/h1,3-4,6,9H,5,7-8H2. The van der Waals surface area contributed by atoms with Crippen molar-refractivity contribution in [3.63, 3.8) is 0 Å². The zero-order valence-electron chi connectivity index (χ0n) is 10.4. The molecule has 0 N–H and O–H groups in total. The number of hydrogen-bond acceptors (Lipinski definition) is 1. The third-order valence-corrected chi connectivity index (χ3v) is 3.18. The molecule has 0 bridgehead atoms. The third kappa shape index (κ3) is 2.93. The van der Waals surface area contributed by atoms with Gasteiger partial charge in [-0.15, -0.1) is 12.3 Å². The highest BCUT2D eigenvalue weighted by Crippen LogP contribution is 2.31. The Hall–Kier alpha value is -2.03. The Morgan fingerprint density at radius 1 is 1.40 bits per heavy atom. The van der Waals surface area contributed by atoms with Gasteiger partial charge in [0.15, 0.2) is 0 Å². The normalized spacial score (nSPS) is 19.2. The summed E-state index contributed by atoms with van der Waals surface area (Å²) >= 11 is 0. The lowest BCUT2D eigenvalue weighted by Gasteiger charge is -2.17. The van der Waals surface area contributed by atoms with Gasteiger partial charge in [-0.1, -0.05) is 0 Å². The van der Waals surface area contributed by atoms with E-state index in [9.17, 15) is 22.4 Å². The van der Waals surface area contributed by atoms with Gasteiger partial charge in [0.05, 0.1) is 5.56 Å². The monoisotopic (exact) mass is 285 g/mol. The summed E-state index contributed by atoms with van der Waals surface area (Å²) in [6.07, 6.45) is 0.818. The first-order chi connectivity index (χ1) is 9.31. The lowest BCUT2D eigenvalue weighted by Crippen LogP contribution is -2.25. The molecule has 1 heterocycles. The number of rotatable bonds is 2. The first kappa shape index (κ1) is 14.4. The highest BCUT2D eigenvalue weighted by molar-refractivity contribution is 5.79. The molecule has 6 heteroatoms. The minimum atomic E-state index is -4.54. The third-order valence-electron chi connectivity index (χ3n) is 3.18. The summed E-state index contributed by atoms with van der Waals surface area (Å²) < 4.78 is 51.3. The van der Waals surface area contributed by atoms with Crippen molar-refractivity contribution in [3.8, 4) is 12.3 Å². The van der Waals surface area contributed by atoms with Crippen LogP contribution in [0.5, 0.6) is 0 Å². The van der Waals surface area contributed by atoms with Crippen LogP contribution in [0.4, 0.5) is 17.6 Å². The average Bonchev–Trinajstić information content (AvgIpc) is 2.71. The van der Waals surface area contributed by atoms with Crippen LogP contribution in [-0.2, 0) is 17.5 Å². The van der Waals surface area contributed by atoms with E-state index in [2.05, 4.69) is 5.92 Å². The van der Waals surface area contributed by atoms with Gasteiger partial charge < -0.3 is 4.90 Å². The van der Waals surface area contributed by atoms with Crippen molar-refractivity contribution in [2.75, 3.05) is 6.54 Å². The summed E-state index contributed by atoms with van der Waals surface area (Å²) in [5.41, 5.74) is -1.10. The average molecular weight is 285 g/mol. The maximum Gasteiger partial charge on any atom is 0.416 e. The number of halogens is 4. The summed E-state index contributed by atoms with van der Waals surface area (Å²) in [6, 6.07) is 2.16. The number of nitrogens with zero attached hydrogens (tertiary/aromatic N) is 1. The van der Waals surface area contributed by atoms with Gasteiger partial charge in [-0.3, -0.25) is 4.79 Å². The van der Waals surface area contributed by atoms with E-state index in [0.29, 0.717) is 6.07 Å². The summed E-state index contributed by atoms with van der Waals surface area (Å²) in [4.78, 5) is 12.9. The zero-order valence-corrected chi connectivity index (χ0v) is 10.4. The molecule has 1 aliphatic rings. The molecule has 20 heavy (non-hydrogen) atoms. The van der Waals surface area contributed by atoms with E-state index in [4.69, 9.17) is 6.42 Å². The van der Waals surface area contributed by atoms with Crippen molar-refractivity contribution in [3.05, 3.63) is 35.1 Å². The Morgan fingerprint density at radius 3 is 2.65 bits per heavy atom. The van der Waals surface area contributed by atoms with Gasteiger partial charge >= 0.3 is 6.18 Å². The molecule has 1 aromatic carbocycles. The number of carbonyl (C=O) groups is 1. The number of benzene rings is 1. The molecule has 1 aromatic rings. The largest absolute Gasteiger partial charge is 0.416 e. The van der Waals surface area contributed by atoms with Crippen LogP contribution in [-0.4, -0.2) is 17.4 Å². The minimum absolute atomic E-state index is 0.150. The lowest BCUT2D eigenvalue weighted by molar-refractivity contribution is -0.137. The maximum atomic E-state index is 13.6. The van der Waals surface area contributed by atoms with Crippen LogP contribution in [0.15, 0.2) is 18.2 Å². The number of amides is 1. The topological polar surface area (TPSA) is 20.3 Å². The SMILES string of the molecule is C#CC1CC(=O)N(Cc2cc(C(F)(F)F)ccc2F)C1. The van der Waals surface area contributed by atoms with E-state index in [1.165, 1.54) is 4.90 Å². The number of terminal acetylenes is 1. The summed E-state index contributed by atoms with van der Waals surface area (Å²) in [5, 5.41) is 0. The molecule has 0 spiro atoms. The fraction of sp³-hybridized carbons (Fsp3) is 0.357. The Kier molecular flexibility index (Phi) is 3.71. The maximum absolute atomic E-state index is 13.6. The molecule has 1 unspecified atom stereocenters. The number of hydrogen-bond donors (Lipinski definition) is 0. The van der Waals surface area contributed by atoms with E-state index in [0.717, 1.165) is 12.1 Å². The predicted octanol–water partition coefficient (Wildman–Crippen LogP) is 2.83. The predicted molar refractivity (Wildman–Crippen MR) is 63.8 cm³/mol. The lowest BCUT2D eigenvalue weighted by atomic mass is 10.1. The minimum Gasteiger partial charge on any atom is -0.337 e. The molecule has 1 amide bonds. The van der Waals surface area contributed by atoms with Crippen LogP contribution in [0.2, 0.25) is 0 Å². The second-order valence-electron chi connectivity index (χ2n) is 4.65. The Labute approximate surface area is 113 Å². The van der Waals surface area contributed by atoms with Gasteiger partial charge in [0.1, 0.15) is 5.82 Å². The molecular weight excluding hydrogens is 274 g/mol. The molecule has 1 fully saturated rings. The summed E-state index contributed by atoms with van der Waals surface area (Å²) in [5.74, 6) is 1.11. The summed E-state index contributed by atoms with van der Waals surface area (Å²) in [7, 11) is 0. The highest BCUT2D eigenvalue weighted by Gasteiger charge is 2.32. The molecule has 1 aliphatic heterocycles. The van der Waals surface area contributed by atoms with Gasteiger partial charge in [0.2, 0.25) is 5.91 Å². The van der Waals surface area contributed by atoms with Crippen molar-refractivity contribution >= 4 is 5.91 Å². The van der Waals surface area contributed by atoms with Crippen molar-refractivity contribution < 1.29 is 22.4 Å². The van der Waals surface area contributed by atoms with Gasteiger partial charge in [-0.25, -0.2) is 4.39 Å². The second-order valence-corrected chi connectivity index (χ2v) is 4.65. The van der Waals surface area contributed by atoms with Crippen LogP contribution in [0.1, 0.15) is 17.5 Å². The van der Waals surface area contributed by atoms with Crippen molar-refractivity contribution in [1.82, 2.24) is 4.90 Å². The smallest absolute Gasteiger partial charge is 0.337 e. The molecule has 106 valence electrons. The van der Waals surface area contributed by atoms with Crippen molar-refractivity contribution in [2.24, 2.45) is 5.92 Å². The molecule has 0 radical (unpaired) electrons. The van der Waals surface area contributed by atoms with Crippen LogP contribution in [0.25, 0.3) is 0 Å². The molecule has 1 saturated heterocycles. The van der Waals surface area contributed by atoms with E-state index in [1.807, 2.05) is 0 Å².